The van der Waals surface area contributed by atoms with E-state index in [-0.39, 0.29) is 5.91 Å². The minimum absolute atomic E-state index is 0.316. The number of carboxylic acids is 1. The molecule has 0 saturated carbocycles. The van der Waals surface area contributed by atoms with Gasteiger partial charge in [-0.15, -0.1) is 0 Å². The van der Waals surface area contributed by atoms with Crippen LogP contribution >= 0.6 is 27.5 Å². The number of likely N-dealkylation sites (tertiary alicyclic amines) is 1. The lowest BCUT2D eigenvalue weighted by Gasteiger charge is -2.37. The van der Waals surface area contributed by atoms with E-state index in [2.05, 4.69) is 15.9 Å². The summed E-state index contributed by atoms with van der Waals surface area (Å²) in [7, 11) is 0. The molecule has 2 unspecified atom stereocenters. The van der Waals surface area contributed by atoms with Crippen LogP contribution in [0, 0.1) is 5.92 Å². The zero-order chi connectivity index (χ0) is 15.6. The monoisotopic (exact) mass is 373 g/mol. The lowest BCUT2D eigenvalue weighted by molar-refractivity contribution is -0.144. The first-order valence-electron chi connectivity index (χ1n) is 6.93. The van der Waals surface area contributed by atoms with Gasteiger partial charge >= 0.3 is 5.97 Å². The van der Waals surface area contributed by atoms with Gasteiger partial charge < -0.3 is 10.0 Å². The second kappa shape index (κ2) is 6.79. The van der Waals surface area contributed by atoms with Crippen molar-refractivity contribution in [3.8, 4) is 0 Å². The molecule has 1 aliphatic heterocycles. The molecule has 0 aliphatic carbocycles. The van der Waals surface area contributed by atoms with Gasteiger partial charge in [-0.2, -0.15) is 0 Å². The fourth-order valence-electron chi connectivity index (χ4n) is 2.71. The highest BCUT2D eigenvalue weighted by Crippen LogP contribution is 2.31. The number of amides is 1. The Labute approximate surface area is 137 Å². The number of carbonyl (C=O) groups is 2. The minimum atomic E-state index is -0.951. The number of piperidine rings is 1. The molecule has 1 heterocycles. The van der Waals surface area contributed by atoms with E-state index in [1.807, 2.05) is 6.92 Å². The molecule has 0 spiro atoms. The van der Waals surface area contributed by atoms with Gasteiger partial charge in [-0.25, -0.2) is 4.79 Å². The van der Waals surface area contributed by atoms with Crippen LogP contribution in [0.5, 0.6) is 0 Å². The Balaban J connectivity index is 2.28. The van der Waals surface area contributed by atoms with E-state index in [1.165, 1.54) is 4.90 Å². The fraction of sp³-hybridized carbons (Fsp3) is 0.467. The Morgan fingerprint density at radius 2 is 2.19 bits per heavy atom. The lowest BCUT2D eigenvalue weighted by Crippen LogP contribution is -2.50. The lowest BCUT2D eigenvalue weighted by atomic mass is 9.88. The molecule has 1 amide bonds. The smallest absolute Gasteiger partial charge is 0.326 e. The third-order valence-electron chi connectivity index (χ3n) is 4.02. The second-order valence-electron chi connectivity index (χ2n) is 5.25. The van der Waals surface area contributed by atoms with E-state index >= 15 is 0 Å². The summed E-state index contributed by atoms with van der Waals surface area (Å²) in [5.74, 6) is -0.913. The molecule has 1 N–H and O–H groups in total. The number of hydrogen-bond acceptors (Lipinski definition) is 2. The van der Waals surface area contributed by atoms with Crippen molar-refractivity contribution < 1.29 is 14.7 Å². The predicted molar refractivity (Wildman–Crippen MR) is 84.6 cm³/mol. The van der Waals surface area contributed by atoms with Crippen LogP contribution in [0.1, 0.15) is 36.5 Å². The highest BCUT2D eigenvalue weighted by Gasteiger charge is 2.36. The largest absolute Gasteiger partial charge is 0.480 e. The van der Waals surface area contributed by atoms with E-state index < -0.39 is 12.0 Å². The van der Waals surface area contributed by atoms with Crippen LogP contribution in [0.15, 0.2) is 22.7 Å². The maximum Gasteiger partial charge on any atom is 0.326 e. The quantitative estimate of drug-likeness (QED) is 0.875. The Hall–Kier alpha value is -1.07. The number of rotatable bonds is 3. The molecule has 21 heavy (non-hydrogen) atoms. The van der Waals surface area contributed by atoms with Crippen molar-refractivity contribution in [2.45, 2.75) is 32.2 Å². The van der Waals surface area contributed by atoms with Crippen molar-refractivity contribution in [1.29, 1.82) is 0 Å². The Morgan fingerprint density at radius 3 is 2.81 bits per heavy atom. The summed E-state index contributed by atoms with van der Waals surface area (Å²) in [5, 5.41) is 9.73. The van der Waals surface area contributed by atoms with Gasteiger partial charge in [-0.3, -0.25) is 4.79 Å². The minimum Gasteiger partial charge on any atom is -0.480 e. The zero-order valence-electron chi connectivity index (χ0n) is 11.7. The van der Waals surface area contributed by atoms with Gasteiger partial charge in [-0.05, 0) is 46.8 Å². The fourth-order valence-corrected chi connectivity index (χ4v) is 3.28. The van der Waals surface area contributed by atoms with Crippen molar-refractivity contribution in [3.05, 3.63) is 33.3 Å². The molecule has 114 valence electrons. The van der Waals surface area contributed by atoms with Gasteiger partial charge in [0.2, 0.25) is 0 Å². The van der Waals surface area contributed by atoms with E-state index in [4.69, 9.17) is 11.6 Å². The number of nitrogens with zero attached hydrogens (tertiary/aromatic N) is 1. The molecule has 1 aromatic carbocycles. The summed E-state index contributed by atoms with van der Waals surface area (Å²) in [6.45, 7) is 2.50. The highest BCUT2D eigenvalue weighted by atomic mass is 79.9. The summed E-state index contributed by atoms with van der Waals surface area (Å²) in [6, 6.07) is 4.32. The van der Waals surface area contributed by atoms with Gasteiger partial charge in [0.1, 0.15) is 6.04 Å². The number of carboxylic acid groups (broad SMARTS) is 1. The summed E-state index contributed by atoms with van der Waals surface area (Å²) in [5.41, 5.74) is 0.340. The van der Waals surface area contributed by atoms with Crippen LogP contribution in [0.2, 0.25) is 5.02 Å². The van der Waals surface area contributed by atoms with E-state index in [1.54, 1.807) is 18.2 Å². The summed E-state index contributed by atoms with van der Waals surface area (Å²) < 4.78 is 0.630. The average Bonchev–Trinajstić information content (AvgIpc) is 2.48. The molecule has 1 aliphatic rings. The van der Waals surface area contributed by atoms with Crippen molar-refractivity contribution in [2.24, 2.45) is 5.92 Å². The molecule has 1 saturated heterocycles. The molecule has 2 rings (SSSR count). The summed E-state index contributed by atoms with van der Waals surface area (Å²) in [6.07, 6.45) is 2.27. The molecule has 6 heteroatoms. The molecule has 4 nitrogen and oxygen atoms in total. The molecule has 0 aromatic heterocycles. The number of aliphatic carboxylic acids is 1. The van der Waals surface area contributed by atoms with Crippen LogP contribution in [0.3, 0.4) is 0 Å². The molecule has 1 fully saturated rings. The number of benzene rings is 1. The normalized spacial score (nSPS) is 22.1. The highest BCUT2D eigenvalue weighted by molar-refractivity contribution is 9.10. The first-order chi connectivity index (χ1) is 9.95. The second-order valence-corrected chi connectivity index (χ2v) is 6.48. The molecule has 0 radical (unpaired) electrons. The van der Waals surface area contributed by atoms with Crippen molar-refractivity contribution >= 4 is 39.4 Å². The van der Waals surface area contributed by atoms with Gasteiger partial charge in [0.25, 0.3) is 5.91 Å². The topological polar surface area (TPSA) is 57.6 Å². The molecule has 1 aromatic rings. The molecular weight excluding hydrogens is 358 g/mol. The van der Waals surface area contributed by atoms with E-state index in [0.29, 0.717) is 33.9 Å². The molecular formula is C15H17BrClNO3. The van der Waals surface area contributed by atoms with Gasteiger partial charge in [0, 0.05) is 11.0 Å². The Kier molecular flexibility index (Phi) is 5.27. The standard InChI is InChI=1S/C15H17BrClNO3/c1-2-9-6-7-18(12(8-9)15(20)21)14(19)10-4-3-5-11(16)13(10)17/h3-5,9,12H,2,6-8H2,1H3,(H,20,21). The van der Waals surface area contributed by atoms with Gasteiger partial charge in [0.15, 0.2) is 0 Å². The predicted octanol–water partition coefficient (Wildman–Crippen LogP) is 3.82. The number of halogens is 2. The van der Waals surface area contributed by atoms with Crippen molar-refractivity contribution in [1.82, 2.24) is 4.90 Å². The third kappa shape index (κ3) is 3.40. The van der Waals surface area contributed by atoms with Gasteiger partial charge in [-0.1, -0.05) is 31.0 Å². The Bertz CT molecular complexity index is 564. The van der Waals surface area contributed by atoms with Crippen LogP contribution < -0.4 is 0 Å². The van der Waals surface area contributed by atoms with Crippen LogP contribution in [0.4, 0.5) is 0 Å². The maximum atomic E-state index is 12.6. The van der Waals surface area contributed by atoms with E-state index in [9.17, 15) is 14.7 Å². The van der Waals surface area contributed by atoms with E-state index in [0.717, 1.165) is 12.8 Å². The van der Waals surface area contributed by atoms with Crippen LogP contribution in [-0.2, 0) is 4.79 Å². The summed E-state index contributed by atoms with van der Waals surface area (Å²) in [4.78, 5) is 25.6. The zero-order valence-corrected chi connectivity index (χ0v) is 14.0. The first kappa shape index (κ1) is 16.3. The van der Waals surface area contributed by atoms with Gasteiger partial charge in [0.05, 0.1) is 10.6 Å². The molecule has 0 bridgehead atoms. The third-order valence-corrected chi connectivity index (χ3v) is 5.31. The summed E-state index contributed by atoms with van der Waals surface area (Å²) >= 11 is 9.43. The maximum absolute atomic E-state index is 12.6. The average molecular weight is 375 g/mol. The SMILES string of the molecule is CCC1CCN(C(=O)c2cccc(Br)c2Cl)C(C(=O)O)C1. The number of carbonyl (C=O) groups excluding carboxylic acids is 1. The molecule has 2 atom stereocenters. The van der Waals surface area contributed by atoms with Crippen LogP contribution in [-0.4, -0.2) is 34.5 Å². The van der Waals surface area contributed by atoms with Crippen molar-refractivity contribution in [2.75, 3.05) is 6.54 Å². The van der Waals surface area contributed by atoms with Crippen LogP contribution in [0.25, 0.3) is 0 Å². The first-order valence-corrected chi connectivity index (χ1v) is 8.10. The van der Waals surface area contributed by atoms with Crippen molar-refractivity contribution in [3.63, 3.8) is 0 Å². The Morgan fingerprint density at radius 1 is 1.48 bits per heavy atom. The number of hydrogen-bond donors (Lipinski definition) is 1.